The molecule has 0 saturated heterocycles. The monoisotopic (exact) mass is 459 g/mol. The van der Waals surface area contributed by atoms with Gasteiger partial charge in [-0.05, 0) is 55.0 Å². The molecule has 33 heavy (non-hydrogen) atoms. The Morgan fingerprint density at radius 3 is 2.48 bits per heavy atom. The molecule has 1 amide bonds. The van der Waals surface area contributed by atoms with E-state index in [4.69, 9.17) is 5.11 Å². The van der Waals surface area contributed by atoms with E-state index in [0.717, 1.165) is 12.8 Å². The Balaban J connectivity index is 1.96. The topological polar surface area (TPSA) is 125 Å². The molecule has 1 heterocycles. The number of halogens is 1. The van der Waals surface area contributed by atoms with Crippen molar-refractivity contribution in [2.45, 2.75) is 57.7 Å². The van der Waals surface area contributed by atoms with Crippen LogP contribution in [0.15, 0.2) is 30.3 Å². The molecule has 1 fully saturated rings. The molecule has 1 saturated carbocycles. The lowest BCUT2D eigenvalue weighted by atomic mass is 9.98. The zero-order valence-electron chi connectivity index (χ0n) is 18.7. The Morgan fingerprint density at radius 2 is 1.91 bits per heavy atom. The molecule has 0 radical (unpaired) electrons. The molecule has 1 aromatic carbocycles. The van der Waals surface area contributed by atoms with Crippen molar-refractivity contribution in [3.8, 4) is 5.69 Å². The number of nitrogens with one attached hydrogen (secondary N) is 1. The van der Waals surface area contributed by atoms with Crippen molar-refractivity contribution < 1.29 is 29.3 Å². The minimum Gasteiger partial charge on any atom is -0.481 e. The van der Waals surface area contributed by atoms with Gasteiger partial charge in [-0.1, -0.05) is 19.9 Å². The van der Waals surface area contributed by atoms with Crippen LogP contribution in [-0.4, -0.2) is 55.7 Å². The predicted molar refractivity (Wildman–Crippen MR) is 121 cm³/mol. The van der Waals surface area contributed by atoms with E-state index < -0.39 is 30.4 Å². The van der Waals surface area contributed by atoms with Crippen LogP contribution in [0.25, 0.3) is 11.8 Å². The first kappa shape index (κ1) is 24.6. The normalized spacial score (nSPS) is 15.7. The van der Waals surface area contributed by atoms with Crippen LogP contribution in [0.2, 0.25) is 0 Å². The van der Waals surface area contributed by atoms with E-state index in [1.807, 2.05) is 13.8 Å². The molecular weight excluding hydrogens is 429 g/mol. The highest BCUT2D eigenvalue weighted by Crippen LogP contribution is 2.30. The average Bonchev–Trinajstić information content (AvgIpc) is 3.48. The van der Waals surface area contributed by atoms with Crippen LogP contribution in [0, 0.1) is 11.7 Å². The number of amides is 1. The van der Waals surface area contributed by atoms with Gasteiger partial charge in [0.2, 0.25) is 0 Å². The largest absolute Gasteiger partial charge is 0.481 e. The van der Waals surface area contributed by atoms with Crippen LogP contribution in [-0.2, 0) is 4.79 Å². The third-order valence-electron chi connectivity index (χ3n) is 5.47. The number of hydrogen-bond acceptors (Lipinski definition) is 5. The number of aliphatic hydroxyl groups is 2. The van der Waals surface area contributed by atoms with Crippen molar-refractivity contribution >= 4 is 18.0 Å². The molecule has 2 atom stereocenters. The highest BCUT2D eigenvalue weighted by Gasteiger charge is 2.27. The van der Waals surface area contributed by atoms with Crippen molar-refractivity contribution in [1.82, 2.24) is 15.1 Å². The number of hydrogen-bond donors (Lipinski definition) is 4. The molecule has 0 unspecified atom stereocenters. The number of rotatable bonds is 11. The number of nitrogens with zero attached hydrogens (tertiary/aromatic N) is 2. The summed E-state index contributed by atoms with van der Waals surface area (Å²) in [6, 6.07) is 5.68. The number of carbonyl (C=O) groups excluding carboxylic acids is 1. The van der Waals surface area contributed by atoms with Crippen molar-refractivity contribution in [1.29, 1.82) is 0 Å². The van der Waals surface area contributed by atoms with Crippen LogP contribution < -0.4 is 5.32 Å². The fourth-order valence-corrected chi connectivity index (χ4v) is 3.61. The number of carboxylic acid groups (broad SMARTS) is 1. The smallest absolute Gasteiger partial charge is 0.305 e. The molecule has 2 aromatic rings. The maximum Gasteiger partial charge on any atom is 0.305 e. The van der Waals surface area contributed by atoms with E-state index in [1.165, 1.54) is 22.9 Å². The lowest BCUT2D eigenvalue weighted by Crippen LogP contribution is -2.27. The number of aliphatic carboxylic acids is 1. The van der Waals surface area contributed by atoms with Gasteiger partial charge >= 0.3 is 5.97 Å². The van der Waals surface area contributed by atoms with Crippen LogP contribution in [0.5, 0.6) is 0 Å². The Kier molecular flexibility index (Phi) is 7.99. The summed E-state index contributed by atoms with van der Waals surface area (Å²) < 4.78 is 15.0. The molecule has 8 nitrogen and oxygen atoms in total. The number of benzene rings is 1. The van der Waals surface area contributed by atoms with Gasteiger partial charge in [0.1, 0.15) is 5.82 Å². The summed E-state index contributed by atoms with van der Waals surface area (Å²) in [7, 11) is 0. The Morgan fingerprint density at radius 1 is 1.24 bits per heavy atom. The van der Waals surface area contributed by atoms with Gasteiger partial charge < -0.3 is 20.6 Å². The van der Waals surface area contributed by atoms with Gasteiger partial charge in [-0.25, -0.2) is 9.07 Å². The quantitative estimate of drug-likeness (QED) is 0.410. The number of carbonyl (C=O) groups is 2. The summed E-state index contributed by atoms with van der Waals surface area (Å²) >= 11 is 0. The standard InChI is InChI=1S/C24H30FN3O5/c1-14(2)22-20(10-9-18(29)11-19(30)12-21(31)32)28(17-7-5-16(25)6-8-17)27-23(22)24(33)26-13-15-3-4-15/h5-10,14-15,18-19,29-30H,3-4,11-13H2,1-2H3,(H,26,33)(H,31,32)/t18-,19-/m1/s1. The molecule has 0 spiro atoms. The fraction of sp³-hybridized carbons (Fsp3) is 0.458. The lowest BCUT2D eigenvalue weighted by molar-refractivity contribution is -0.139. The Labute approximate surface area is 191 Å². The number of aliphatic hydroxyl groups excluding tert-OH is 2. The highest BCUT2D eigenvalue weighted by molar-refractivity contribution is 5.95. The van der Waals surface area contributed by atoms with E-state index in [2.05, 4.69) is 10.4 Å². The van der Waals surface area contributed by atoms with Crippen molar-refractivity contribution in [3.05, 3.63) is 53.1 Å². The third kappa shape index (κ3) is 6.72. The first-order valence-corrected chi connectivity index (χ1v) is 11.1. The predicted octanol–water partition coefficient (Wildman–Crippen LogP) is 2.87. The maximum atomic E-state index is 13.5. The highest BCUT2D eigenvalue weighted by atomic mass is 19.1. The van der Waals surface area contributed by atoms with Crippen LogP contribution >= 0.6 is 0 Å². The summed E-state index contributed by atoms with van der Waals surface area (Å²) in [5, 5.41) is 36.3. The van der Waals surface area contributed by atoms with Gasteiger partial charge in [0, 0.05) is 18.5 Å². The zero-order chi connectivity index (χ0) is 24.1. The Bertz CT molecular complexity index is 1010. The summed E-state index contributed by atoms with van der Waals surface area (Å²) in [5.74, 6) is -1.44. The molecule has 0 aliphatic heterocycles. The second-order valence-electron chi connectivity index (χ2n) is 8.76. The minimum atomic E-state index is -1.20. The summed E-state index contributed by atoms with van der Waals surface area (Å²) in [5.41, 5.74) is 2.01. The van der Waals surface area contributed by atoms with E-state index in [-0.39, 0.29) is 23.9 Å². The summed E-state index contributed by atoms with van der Waals surface area (Å²) in [6.45, 7) is 4.44. The second-order valence-corrected chi connectivity index (χ2v) is 8.76. The second kappa shape index (κ2) is 10.7. The molecule has 1 aliphatic rings. The van der Waals surface area contributed by atoms with Crippen molar-refractivity contribution in [2.24, 2.45) is 5.92 Å². The van der Waals surface area contributed by atoms with Gasteiger partial charge in [-0.15, -0.1) is 0 Å². The summed E-state index contributed by atoms with van der Waals surface area (Å²) in [6.07, 6.45) is 2.30. The van der Waals surface area contributed by atoms with Gasteiger partial charge in [0.25, 0.3) is 5.91 Å². The molecule has 1 aromatic heterocycles. The van der Waals surface area contributed by atoms with Crippen LogP contribution in [0.3, 0.4) is 0 Å². The first-order chi connectivity index (χ1) is 15.7. The third-order valence-corrected chi connectivity index (χ3v) is 5.47. The molecular formula is C24H30FN3O5. The summed E-state index contributed by atoms with van der Waals surface area (Å²) in [4.78, 5) is 23.7. The molecule has 1 aliphatic carbocycles. The first-order valence-electron chi connectivity index (χ1n) is 11.1. The molecule has 3 rings (SSSR count). The Hall–Kier alpha value is -3.04. The zero-order valence-corrected chi connectivity index (χ0v) is 18.7. The molecule has 0 bridgehead atoms. The SMILES string of the molecule is CC(C)c1c(C(=O)NCC2CC2)nn(-c2ccc(F)cc2)c1C=C[C@@H](O)C[C@@H](O)CC(=O)O. The van der Waals surface area contributed by atoms with Crippen molar-refractivity contribution in [2.75, 3.05) is 6.54 Å². The van der Waals surface area contributed by atoms with E-state index >= 15 is 0 Å². The number of carboxylic acids is 1. The van der Waals surface area contributed by atoms with E-state index in [1.54, 1.807) is 18.2 Å². The lowest BCUT2D eigenvalue weighted by Gasteiger charge is -2.12. The van der Waals surface area contributed by atoms with Gasteiger partial charge in [0.15, 0.2) is 5.69 Å². The van der Waals surface area contributed by atoms with E-state index in [0.29, 0.717) is 29.4 Å². The van der Waals surface area contributed by atoms with Gasteiger partial charge in [-0.2, -0.15) is 5.10 Å². The fourth-order valence-electron chi connectivity index (χ4n) is 3.61. The minimum absolute atomic E-state index is 0.0877. The van der Waals surface area contributed by atoms with Crippen molar-refractivity contribution in [3.63, 3.8) is 0 Å². The average molecular weight is 460 g/mol. The van der Waals surface area contributed by atoms with Gasteiger partial charge in [0.05, 0.1) is 30.0 Å². The molecule has 4 N–H and O–H groups in total. The van der Waals surface area contributed by atoms with E-state index in [9.17, 15) is 24.2 Å². The number of aromatic nitrogens is 2. The molecule has 9 heteroatoms. The molecule has 178 valence electrons. The van der Waals surface area contributed by atoms with Crippen LogP contribution in [0.4, 0.5) is 4.39 Å². The van der Waals surface area contributed by atoms with Gasteiger partial charge in [-0.3, -0.25) is 9.59 Å². The maximum absolute atomic E-state index is 13.5. The van der Waals surface area contributed by atoms with Crippen LogP contribution in [0.1, 0.15) is 67.2 Å².